The topological polar surface area (TPSA) is 60.6 Å². The molecular formula is C19H22FN5. The summed E-state index contributed by atoms with van der Waals surface area (Å²) in [5, 5.41) is 7.37. The Kier molecular flexibility index (Phi) is 4.36. The average Bonchev–Trinajstić information content (AvgIpc) is 3.25. The molecule has 2 N–H and O–H groups in total. The van der Waals surface area contributed by atoms with Gasteiger partial charge in [-0.1, -0.05) is 12.1 Å². The first kappa shape index (κ1) is 16.0. The molecule has 1 aliphatic heterocycles. The van der Waals surface area contributed by atoms with E-state index >= 15 is 0 Å². The van der Waals surface area contributed by atoms with Crippen LogP contribution in [0.5, 0.6) is 0 Å². The second kappa shape index (κ2) is 6.80. The molecule has 3 aromatic rings. The van der Waals surface area contributed by atoms with Crippen molar-refractivity contribution < 1.29 is 4.39 Å². The summed E-state index contributed by atoms with van der Waals surface area (Å²) in [6.07, 6.45) is 5.80. The predicted octanol–water partition coefficient (Wildman–Crippen LogP) is 3.63. The Bertz CT molecular complexity index is 845. The van der Waals surface area contributed by atoms with Gasteiger partial charge in [0.15, 0.2) is 0 Å². The first-order chi connectivity index (χ1) is 12.2. The molecule has 0 saturated carbocycles. The van der Waals surface area contributed by atoms with Crippen molar-refractivity contribution in [2.24, 2.45) is 0 Å². The first-order valence-corrected chi connectivity index (χ1v) is 8.71. The number of piperidine rings is 1. The molecule has 4 rings (SSSR count). The van der Waals surface area contributed by atoms with Crippen molar-refractivity contribution >= 4 is 0 Å². The van der Waals surface area contributed by atoms with E-state index in [4.69, 9.17) is 0 Å². The standard InChI is InChI=1S/C19H22FN5/c1-13-10-21-18(23-13)12-25-7-5-14(6-8-25)19-17(11-22-24-19)15-3-2-4-16(20)9-15/h2-4,9-11,14H,5-8,12H2,1H3,(H,21,23)(H,22,24). The Labute approximate surface area is 146 Å². The molecule has 0 aliphatic carbocycles. The van der Waals surface area contributed by atoms with Crippen LogP contribution in [0.2, 0.25) is 0 Å². The molecule has 1 aliphatic rings. The van der Waals surface area contributed by atoms with Gasteiger partial charge in [0, 0.05) is 29.1 Å². The van der Waals surface area contributed by atoms with Crippen LogP contribution in [0, 0.1) is 12.7 Å². The smallest absolute Gasteiger partial charge is 0.123 e. The molecule has 1 aromatic carbocycles. The second-order valence-corrected chi connectivity index (χ2v) is 6.77. The van der Waals surface area contributed by atoms with Gasteiger partial charge in [-0.25, -0.2) is 9.37 Å². The van der Waals surface area contributed by atoms with Crippen LogP contribution < -0.4 is 0 Å². The highest BCUT2D eigenvalue weighted by molar-refractivity contribution is 5.65. The minimum atomic E-state index is -0.215. The van der Waals surface area contributed by atoms with Gasteiger partial charge in [-0.2, -0.15) is 5.10 Å². The maximum absolute atomic E-state index is 13.5. The van der Waals surface area contributed by atoms with E-state index in [1.807, 2.05) is 25.4 Å². The van der Waals surface area contributed by atoms with Crippen LogP contribution >= 0.6 is 0 Å². The van der Waals surface area contributed by atoms with E-state index in [9.17, 15) is 4.39 Å². The first-order valence-electron chi connectivity index (χ1n) is 8.71. The van der Waals surface area contributed by atoms with E-state index in [-0.39, 0.29) is 5.82 Å². The fourth-order valence-electron chi connectivity index (χ4n) is 3.63. The summed E-state index contributed by atoms with van der Waals surface area (Å²) in [5.74, 6) is 1.24. The average molecular weight is 339 g/mol. The van der Waals surface area contributed by atoms with Crippen molar-refractivity contribution in [3.05, 3.63) is 59.7 Å². The molecule has 6 heteroatoms. The van der Waals surface area contributed by atoms with Gasteiger partial charge < -0.3 is 4.98 Å². The number of hydrogen-bond acceptors (Lipinski definition) is 3. The summed E-state index contributed by atoms with van der Waals surface area (Å²) in [6, 6.07) is 6.72. The summed E-state index contributed by atoms with van der Waals surface area (Å²) < 4.78 is 13.5. The van der Waals surface area contributed by atoms with Crippen molar-refractivity contribution in [1.29, 1.82) is 0 Å². The van der Waals surface area contributed by atoms with E-state index in [2.05, 4.69) is 25.1 Å². The zero-order chi connectivity index (χ0) is 17.2. The SMILES string of the molecule is Cc1cnc(CN2CCC(c3[nH]ncc3-c3cccc(F)c3)CC2)[nH]1. The second-order valence-electron chi connectivity index (χ2n) is 6.77. The van der Waals surface area contributed by atoms with Gasteiger partial charge in [0.05, 0.1) is 12.7 Å². The lowest BCUT2D eigenvalue weighted by Crippen LogP contribution is -2.33. The monoisotopic (exact) mass is 339 g/mol. The molecule has 1 fully saturated rings. The summed E-state index contributed by atoms with van der Waals surface area (Å²) in [6.45, 7) is 4.92. The van der Waals surface area contributed by atoms with E-state index in [0.29, 0.717) is 5.92 Å². The van der Waals surface area contributed by atoms with E-state index in [1.165, 1.54) is 6.07 Å². The molecule has 130 valence electrons. The Morgan fingerprint density at radius 2 is 2.08 bits per heavy atom. The third kappa shape index (κ3) is 3.49. The maximum atomic E-state index is 13.5. The van der Waals surface area contributed by atoms with Crippen LogP contribution in [0.1, 0.15) is 36.0 Å². The van der Waals surface area contributed by atoms with Crippen LogP contribution in [0.15, 0.2) is 36.7 Å². The number of benzene rings is 1. The van der Waals surface area contributed by atoms with E-state index < -0.39 is 0 Å². The Hall–Kier alpha value is -2.47. The van der Waals surface area contributed by atoms with Crippen molar-refractivity contribution in [2.75, 3.05) is 13.1 Å². The highest BCUT2D eigenvalue weighted by Gasteiger charge is 2.24. The minimum Gasteiger partial charge on any atom is -0.345 e. The largest absolute Gasteiger partial charge is 0.345 e. The van der Waals surface area contributed by atoms with Gasteiger partial charge in [0.2, 0.25) is 0 Å². The number of likely N-dealkylation sites (tertiary alicyclic amines) is 1. The lowest BCUT2D eigenvalue weighted by atomic mass is 9.89. The molecule has 25 heavy (non-hydrogen) atoms. The van der Waals surface area contributed by atoms with E-state index in [1.54, 1.807) is 12.1 Å². The third-order valence-electron chi connectivity index (χ3n) is 4.93. The summed E-state index contributed by atoms with van der Waals surface area (Å²) in [7, 11) is 0. The molecular weight excluding hydrogens is 317 g/mol. The number of nitrogens with one attached hydrogen (secondary N) is 2. The summed E-state index contributed by atoms with van der Waals surface area (Å²) in [4.78, 5) is 10.1. The number of rotatable bonds is 4. The normalized spacial score (nSPS) is 16.4. The van der Waals surface area contributed by atoms with Gasteiger partial charge in [-0.15, -0.1) is 0 Å². The number of hydrogen-bond donors (Lipinski definition) is 2. The lowest BCUT2D eigenvalue weighted by Gasteiger charge is -2.31. The van der Waals surface area contributed by atoms with Crippen LogP contribution in [0.3, 0.4) is 0 Å². The molecule has 0 amide bonds. The zero-order valence-corrected chi connectivity index (χ0v) is 14.3. The Morgan fingerprint density at radius 3 is 2.80 bits per heavy atom. The fraction of sp³-hybridized carbons (Fsp3) is 0.368. The number of nitrogens with zero attached hydrogens (tertiary/aromatic N) is 3. The number of aromatic amines is 2. The van der Waals surface area contributed by atoms with E-state index in [0.717, 1.165) is 60.8 Å². The fourth-order valence-corrected chi connectivity index (χ4v) is 3.63. The molecule has 0 radical (unpaired) electrons. The highest BCUT2D eigenvalue weighted by Crippen LogP contribution is 2.34. The number of halogens is 1. The van der Waals surface area contributed by atoms with Crippen molar-refractivity contribution in [2.45, 2.75) is 32.2 Å². The zero-order valence-electron chi connectivity index (χ0n) is 14.3. The molecule has 0 bridgehead atoms. The Morgan fingerprint density at radius 1 is 1.24 bits per heavy atom. The summed E-state index contributed by atoms with van der Waals surface area (Å²) >= 11 is 0. The van der Waals surface area contributed by atoms with Crippen LogP contribution in [-0.2, 0) is 6.54 Å². The minimum absolute atomic E-state index is 0.215. The van der Waals surface area contributed by atoms with Gasteiger partial charge in [0.25, 0.3) is 0 Å². The number of aromatic nitrogens is 4. The van der Waals surface area contributed by atoms with Crippen LogP contribution in [0.25, 0.3) is 11.1 Å². The van der Waals surface area contributed by atoms with Crippen LogP contribution in [-0.4, -0.2) is 38.2 Å². The van der Waals surface area contributed by atoms with Crippen molar-refractivity contribution in [1.82, 2.24) is 25.1 Å². The van der Waals surface area contributed by atoms with Gasteiger partial charge >= 0.3 is 0 Å². The van der Waals surface area contributed by atoms with Crippen molar-refractivity contribution in [3.8, 4) is 11.1 Å². The molecule has 3 heterocycles. The Balaban J connectivity index is 1.44. The lowest BCUT2D eigenvalue weighted by molar-refractivity contribution is 0.199. The predicted molar refractivity (Wildman–Crippen MR) is 94.6 cm³/mol. The van der Waals surface area contributed by atoms with Gasteiger partial charge in [-0.3, -0.25) is 10.00 Å². The van der Waals surface area contributed by atoms with Crippen molar-refractivity contribution in [3.63, 3.8) is 0 Å². The molecule has 0 unspecified atom stereocenters. The maximum Gasteiger partial charge on any atom is 0.123 e. The molecule has 0 spiro atoms. The number of imidazole rings is 1. The van der Waals surface area contributed by atoms with Gasteiger partial charge in [0.1, 0.15) is 11.6 Å². The van der Waals surface area contributed by atoms with Crippen LogP contribution in [0.4, 0.5) is 4.39 Å². The summed E-state index contributed by atoms with van der Waals surface area (Å²) in [5.41, 5.74) is 4.12. The number of H-pyrrole nitrogens is 2. The number of aryl methyl sites for hydroxylation is 1. The molecule has 0 atom stereocenters. The third-order valence-corrected chi connectivity index (χ3v) is 4.93. The highest BCUT2D eigenvalue weighted by atomic mass is 19.1. The molecule has 2 aromatic heterocycles. The molecule has 5 nitrogen and oxygen atoms in total. The quantitative estimate of drug-likeness (QED) is 0.763. The molecule has 1 saturated heterocycles. The van der Waals surface area contributed by atoms with Gasteiger partial charge in [-0.05, 0) is 50.6 Å².